The Labute approximate surface area is 188 Å². The van der Waals surface area contributed by atoms with Gasteiger partial charge in [-0.2, -0.15) is 13.2 Å². The van der Waals surface area contributed by atoms with Crippen molar-refractivity contribution in [2.24, 2.45) is 0 Å². The van der Waals surface area contributed by atoms with E-state index in [0.29, 0.717) is 0 Å². The predicted octanol–water partition coefficient (Wildman–Crippen LogP) is 8.39. The topological polar surface area (TPSA) is 12.9 Å². The van der Waals surface area contributed by atoms with E-state index >= 15 is 0 Å². The summed E-state index contributed by atoms with van der Waals surface area (Å²) in [6.07, 6.45) is -2.57. The number of benzene rings is 4. The predicted molar refractivity (Wildman–Crippen MR) is 123 cm³/mol. The maximum atomic E-state index is 13.2. The first-order valence-corrected chi connectivity index (χ1v) is 10.3. The van der Waals surface area contributed by atoms with Gasteiger partial charge in [0.05, 0.1) is 11.3 Å². The molecule has 1 heterocycles. The van der Waals surface area contributed by atoms with Crippen LogP contribution in [0.2, 0.25) is 0 Å². The molecule has 4 aromatic carbocycles. The van der Waals surface area contributed by atoms with Gasteiger partial charge in [-0.1, -0.05) is 42.5 Å². The zero-order valence-electron chi connectivity index (χ0n) is 17.3. The number of alkyl halides is 3. The van der Waals surface area contributed by atoms with Gasteiger partial charge in [0.25, 0.3) is 0 Å². The van der Waals surface area contributed by atoms with Gasteiger partial charge in [-0.15, -0.1) is 0 Å². The summed E-state index contributed by atoms with van der Waals surface area (Å²) in [6, 6.07) is 27.1. The summed E-state index contributed by atoms with van der Waals surface area (Å²) in [5.74, 6) is -0.290. The lowest BCUT2D eigenvalue weighted by Crippen LogP contribution is -2.03. The molecule has 1 aromatic heterocycles. The first-order valence-electron chi connectivity index (χ1n) is 10.3. The van der Waals surface area contributed by atoms with E-state index < -0.39 is 11.7 Å². The van der Waals surface area contributed by atoms with Crippen LogP contribution in [-0.2, 0) is 6.18 Å². The number of fused-ring (bicyclic) bond motifs is 1. The molecule has 0 amide bonds. The number of hydrogen-bond donors (Lipinski definition) is 0. The van der Waals surface area contributed by atoms with E-state index in [1.165, 1.54) is 24.3 Å². The Bertz CT molecular complexity index is 1420. The highest BCUT2D eigenvalue weighted by molar-refractivity contribution is 5.91. The van der Waals surface area contributed by atoms with Gasteiger partial charge in [0.1, 0.15) is 5.82 Å². The summed E-state index contributed by atoms with van der Waals surface area (Å²) in [5, 5.41) is 2.01. The minimum Gasteiger partial charge on any atom is -0.256 e. The van der Waals surface area contributed by atoms with E-state index in [1.807, 2.05) is 48.5 Å². The molecule has 0 bridgehead atoms. The Morgan fingerprint density at radius 2 is 1.06 bits per heavy atom. The lowest BCUT2D eigenvalue weighted by molar-refractivity contribution is -0.137. The summed E-state index contributed by atoms with van der Waals surface area (Å²) < 4.78 is 51.7. The number of rotatable bonds is 3. The van der Waals surface area contributed by atoms with E-state index in [2.05, 4.69) is 4.98 Å². The Balaban J connectivity index is 1.46. The average molecular weight is 443 g/mol. The molecule has 162 valence electrons. The molecule has 0 aliphatic rings. The second-order valence-corrected chi connectivity index (χ2v) is 7.79. The smallest absolute Gasteiger partial charge is 0.256 e. The van der Waals surface area contributed by atoms with Crippen LogP contribution in [-0.4, -0.2) is 4.98 Å². The van der Waals surface area contributed by atoms with E-state index in [1.54, 1.807) is 18.3 Å². The second-order valence-electron chi connectivity index (χ2n) is 7.79. The zero-order valence-corrected chi connectivity index (χ0v) is 17.3. The van der Waals surface area contributed by atoms with Crippen molar-refractivity contribution in [3.8, 4) is 33.5 Å². The van der Waals surface area contributed by atoms with Crippen molar-refractivity contribution < 1.29 is 17.6 Å². The van der Waals surface area contributed by atoms with Crippen molar-refractivity contribution in [1.82, 2.24) is 4.98 Å². The van der Waals surface area contributed by atoms with Crippen molar-refractivity contribution >= 4 is 10.8 Å². The largest absolute Gasteiger partial charge is 0.416 e. The number of halogens is 4. The van der Waals surface area contributed by atoms with Crippen LogP contribution in [0.15, 0.2) is 103 Å². The van der Waals surface area contributed by atoms with Crippen LogP contribution in [0.1, 0.15) is 5.56 Å². The van der Waals surface area contributed by atoms with Gasteiger partial charge in [0.2, 0.25) is 0 Å². The van der Waals surface area contributed by atoms with Gasteiger partial charge < -0.3 is 0 Å². The first kappa shape index (κ1) is 20.9. The molecule has 0 saturated heterocycles. The molecular weight excluding hydrogens is 426 g/mol. The summed E-state index contributed by atoms with van der Waals surface area (Å²) in [6.45, 7) is 0. The number of hydrogen-bond acceptors (Lipinski definition) is 1. The summed E-state index contributed by atoms with van der Waals surface area (Å²) >= 11 is 0. The van der Waals surface area contributed by atoms with E-state index in [4.69, 9.17) is 0 Å². The Morgan fingerprint density at radius 1 is 0.515 bits per heavy atom. The second kappa shape index (κ2) is 8.17. The fraction of sp³-hybridized carbons (Fsp3) is 0.0357. The number of pyridine rings is 1. The first-order chi connectivity index (χ1) is 15.9. The molecule has 0 spiro atoms. The van der Waals surface area contributed by atoms with Crippen molar-refractivity contribution in [2.45, 2.75) is 6.18 Å². The molecule has 33 heavy (non-hydrogen) atoms. The molecule has 0 N–H and O–H groups in total. The Hall–Kier alpha value is -3.99. The van der Waals surface area contributed by atoms with Gasteiger partial charge in [0, 0.05) is 17.3 Å². The minimum atomic E-state index is -4.35. The van der Waals surface area contributed by atoms with Crippen LogP contribution >= 0.6 is 0 Å². The van der Waals surface area contributed by atoms with Gasteiger partial charge in [0.15, 0.2) is 0 Å². The van der Waals surface area contributed by atoms with Crippen molar-refractivity contribution in [2.75, 3.05) is 0 Å². The van der Waals surface area contributed by atoms with Crippen molar-refractivity contribution in [3.05, 3.63) is 115 Å². The number of nitrogens with zero attached hydrogens (tertiary/aromatic N) is 1. The van der Waals surface area contributed by atoms with Gasteiger partial charge in [-0.3, -0.25) is 4.98 Å². The SMILES string of the molecule is Fc1ccc(-c2ccc(-c3ccc4ccc(-c5ccc(C(F)(F)F)cc5)cc4c3)cn2)cc1. The standard InChI is InChI=1S/C28H17F4N/c29-26-12-7-20(8-13-26)27-14-9-23(17-33-27)22-4-2-19-1-3-21(15-24(19)16-22)18-5-10-25(11-6-18)28(30,31)32/h1-17H. The Kier molecular flexibility index (Phi) is 5.17. The molecule has 0 unspecified atom stereocenters. The highest BCUT2D eigenvalue weighted by Crippen LogP contribution is 2.33. The lowest BCUT2D eigenvalue weighted by Gasteiger charge is -2.10. The number of aromatic nitrogens is 1. The van der Waals surface area contributed by atoms with Crippen LogP contribution in [0.5, 0.6) is 0 Å². The van der Waals surface area contributed by atoms with Crippen molar-refractivity contribution in [1.29, 1.82) is 0 Å². The molecule has 0 saturated carbocycles. The maximum Gasteiger partial charge on any atom is 0.416 e. The van der Waals surface area contributed by atoms with E-state index in [-0.39, 0.29) is 5.82 Å². The van der Waals surface area contributed by atoms with Crippen LogP contribution < -0.4 is 0 Å². The van der Waals surface area contributed by atoms with Crippen LogP contribution in [0.4, 0.5) is 17.6 Å². The molecule has 0 aliphatic carbocycles. The van der Waals surface area contributed by atoms with Crippen LogP contribution in [0.3, 0.4) is 0 Å². The molecule has 1 nitrogen and oxygen atoms in total. The lowest BCUT2D eigenvalue weighted by atomic mass is 9.97. The fourth-order valence-corrected chi connectivity index (χ4v) is 3.81. The molecular formula is C28H17F4N. The Morgan fingerprint density at radius 3 is 1.64 bits per heavy atom. The normalized spacial score (nSPS) is 11.6. The van der Waals surface area contributed by atoms with Gasteiger partial charge >= 0.3 is 6.18 Å². The molecule has 0 aliphatic heterocycles. The molecule has 0 fully saturated rings. The van der Waals surface area contributed by atoms with Gasteiger partial charge in [-0.05, 0) is 82.1 Å². The quantitative estimate of drug-likeness (QED) is 0.255. The minimum absolute atomic E-state index is 0.290. The third kappa shape index (κ3) is 4.35. The van der Waals surface area contributed by atoms with Crippen LogP contribution in [0.25, 0.3) is 44.3 Å². The fourth-order valence-electron chi connectivity index (χ4n) is 3.81. The monoisotopic (exact) mass is 443 g/mol. The third-order valence-corrected chi connectivity index (χ3v) is 5.62. The zero-order chi connectivity index (χ0) is 23.0. The molecule has 5 heteroatoms. The van der Waals surface area contributed by atoms with E-state index in [9.17, 15) is 17.6 Å². The third-order valence-electron chi connectivity index (χ3n) is 5.62. The summed E-state index contributed by atoms with van der Waals surface area (Å²) in [5.41, 5.74) is 4.41. The highest BCUT2D eigenvalue weighted by Gasteiger charge is 2.29. The molecule has 5 rings (SSSR count). The van der Waals surface area contributed by atoms with E-state index in [0.717, 1.165) is 56.4 Å². The van der Waals surface area contributed by atoms with Crippen molar-refractivity contribution in [3.63, 3.8) is 0 Å². The summed E-state index contributed by atoms with van der Waals surface area (Å²) in [4.78, 5) is 4.51. The molecule has 0 atom stereocenters. The summed E-state index contributed by atoms with van der Waals surface area (Å²) in [7, 11) is 0. The maximum absolute atomic E-state index is 13.2. The van der Waals surface area contributed by atoms with Gasteiger partial charge in [-0.25, -0.2) is 4.39 Å². The molecule has 0 radical (unpaired) electrons. The average Bonchev–Trinajstić information content (AvgIpc) is 2.83. The van der Waals surface area contributed by atoms with Crippen LogP contribution in [0, 0.1) is 5.82 Å². The highest BCUT2D eigenvalue weighted by atomic mass is 19.4. The molecule has 5 aromatic rings.